The van der Waals surface area contributed by atoms with E-state index in [1.165, 1.54) is 25.4 Å². The second-order valence-corrected chi connectivity index (χ2v) is 6.34. The summed E-state index contributed by atoms with van der Waals surface area (Å²) in [6.07, 6.45) is 1.41. The normalized spacial score (nSPS) is 11.2. The van der Waals surface area contributed by atoms with Crippen LogP contribution >= 0.6 is 15.9 Å². The van der Waals surface area contributed by atoms with E-state index in [9.17, 15) is 17.2 Å². The third kappa shape index (κ3) is 3.30. The van der Waals surface area contributed by atoms with Gasteiger partial charge in [0.05, 0.1) is 7.11 Å². The van der Waals surface area contributed by atoms with E-state index in [2.05, 4.69) is 25.6 Å². The summed E-state index contributed by atoms with van der Waals surface area (Å²) in [6, 6.07) is 4.23. The first kappa shape index (κ1) is 15.6. The number of pyridine rings is 1. The second-order valence-electron chi connectivity index (χ2n) is 3.86. The van der Waals surface area contributed by atoms with Crippen LogP contribution < -0.4 is 9.46 Å². The highest BCUT2D eigenvalue weighted by atomic mass is 79.9. The molecule has 5 nitrogen and oxygen atoms in total. The van der Waals surface area contributed by atoms with Gasteiger partial charge in [-0.3, -0.25) is 4.72 Å². The van der Waals surface area contributed by atoms with E-state index in [-0.39, 0.29) is 16.0 Å². The first-order valence-electron chi connectivity index (χ1n) is 5.51. The molecule has 21 heavy (non-hydrogen) atoms. The number of aromatic nitrogens is 1. The second kappa shape index (κ2) is 5.94. The Kier molecular flexibility index (Phi) is 4.43. The van der Waals surface area contributed by atoms with E-state index in [0.29, 0.717) is 6.07 Å². The van der Waals surface area contributed by atoms with Crippen LogP contribution in [0.25, 0.3) is 0 Å². The molecule has 1 aromatic heterocycles. The summed E-state index contributed by atoms with van der Waals surface area (Å²) in [7, 11) is -2.97. The number of nitrogens with one attached hydrogen (secondary N) is 1. The van der Waals surface area contributed by atoms with Crippen molar-refractivity contribution in [1.82, 2.24) is 4.98 Å². The zero-order chi connectivity index (χ0) is 15.6. The van der Waals surface area contributed by atoms with Crippen molar-refractivity contribution >= 4 is 31.6 Å². The maximum Gasteiger partial charge on any atom is 0.266 e. The molecule has 0 unspecified atom stereocenters. The average Bonchev–Trinajstić information content (AvgIpc) is 2.37. The van der Waals surface area contributed by atoms with Gasteiger partial charge in [0.1, 0.15) is 22.2 Å². The highest BCUT2D eigenvalue weighted by molar-refractivity contribution is 9.10. The lowest BCUT2D eigenvalue weighted by atomic mass is 10.3. The van der Waals surface area contributed by atoms with Crippen LogP contribution in [-0.4, -0.2) is 20.5 Å². The largest absolute Gasteiger partial charge is 0.480 e. The Morgan fingerprint density at radius 2 is 2.05 bits per heavy atom. The van der Waals surface area contributed by atoms with Gasteiger partial charge in [-0.05, 0) is 34.1 Å². The van der Waals surface area contributed by atoms with Crippen LogP contribution in [0.15, 0.2) is 39.8 Å². The Bertz CT molecular complexity index is 761. The maximum atomic E-state index is 13.8. The number of halogens is 3. The molecule has 0 amide bonds. The van der Waals surface area contributed by atoms with E-state index in [0.717, 1.165) is 6.07 Å². The number of ether oxygens (including phenoxy) is 1. The summed E-state index contributed by atoms with van der Waals surface area (Å²) in [5.74, 6) is -2.07. The van der Waals surface area contributed by atoms with Gasteiger partial charge in [0.2, 0.25) is 5.88 Å². The van der Waals surface area contributed by atoms with Crippen molar-refractivity contribution < 1.29 is 21.9 Å². The molecule has 2 rings (SSSR count). The van der Waals surface area contributed by atoms with Crippen LogP contribution in [-0.2, 0) is 10.0 Å². The number of methoxy groups -OCH3 is 1. The van der Waals surface area contributed by atoms with Gasteiger partial charge in [-0.2, -0.15) is 0 Å². The van der Waals surface area contributed by atoms with Crippen LogP contribution in [0.4, 0.5) is 14.5 Å². The molecule has 0 saturated carbocycles. The van der Waals surface area contributed by atoms with Crippen LogP contribution in [0.2, 0.25) is 0 Å². The molecule has 0 aliphatic rings. The fraction of sp³-hybridized carbons (Fsp3) is 0.0833. The average molecular weight is 379 g/mol. The molecule has 112 valence electrons. The lowest BCUT2D eigenvalue weighted by Gasteiger charge is -2.12. The number of nitrogens with zero attached hydrogens (tertiary/aromatic N) is 1. The first-order chi connectivity index (χ1) is 9.85. The topological polar surface area (TPSA) is 68.3 Å². The Hall–Kier alpha value is -1.74. The lowest BCUT2D eigenvalue weighted by Crippen LogP contribution is -2.16. The van der Waals surface area contributed by atoms with Crippen molar-refractivity contribution in [1.29, 1.82) is 0 Å². The predicted octanol–water partition coefficient (Wildman–Crippen LogP) is 2.93. The van der Waals surface area contributed by atoms with Crippen LogP contribution in [0, 0.1) is 11.6 Å². The van der Waals surface area contributed by atoms with Gasteiger partial charge in [-0.15, -0.1) is 0 Å². The molecule has 0 radical (unpaired) electrons. The third-order valence-electron chi connectivity index (χ3n) is 2.44. The minimum absolute atomic E-state index is 0.0275. The van der Waals surface area contributed by atoms with Crippen molar-refractivity contribution in [3.63, 3.8) is 0 Å². The molecule has 1 N–H and O–H groups in total. The molecule has 2 aromatic rings. The molecular weight excluding hydrogens is 370 g/mol. The fourth-order valence-corrected chi connectivity index (χ4v) is 3.84. The van der Waals surface area contributed by atoms with Gasteiger partial charge >= 0.3 is 0 Å². The van der Waals surface area contributed by atoms with Crippen molar-refractivity contribution in [3.05, 3.63) is 46.6 Å². The minimum Gasteiger partial charge on any atom is -0.480 e. The van der Waals surface area contributed by atoms with E-state index in [1.54, 1.807) is 0 Å². The molecule has 0 aliphatic carbocycles. The highest BCUT2D eigenvalue weighted by Crippen LogP contribution is 2.30. The summed E-state index contributed by atoms with van der Waals surface area (Å²) in [5, 5.41) is 0. The molecule has 0 fully saturated rings. The van der Waals surface area contributed by atoms with E-state index < -0.39 is 26.6 Å². The summed E-state index contributed by atoms with van der Waals surface area (Å²) < 4.78 is 58.1. The van der Waals surface area contributed by atoms with Gasteiger partial charge in [0, 0.05) is 16.7 Å². The number of benzene rings is 1. The molecular formula is C12H9BrF2N2O3S. The number of sulfonamides is 1. The number of hydrogen-bond donors (Lipinski definition) is 1. The number of rotatable bonds is 4. The molecule has 0 atom stereocenters. The van der Waals surface area contributed by atoms with Crippen molar-refractivity contribution in [2.75, 3.05) is 11.8 Å². The Morgan fingerprint density at radius 1 is 1.33 bits per heavy atom. The predicted molar refractivity (Wildman–Crippen MR) is 75.7 cm³/mol. The lowest BCUT2D eigenvalue weighted by molar-refractivity contribution is 0.400. The van der Waals surface area contributed by atoms with E-state index in [1.807, 2.05) is 0 Å². The molecule has 0 aliphatic heterocycles. The summed E-state index contributed by atoms with van der Waals surface area (Å²) >= 11 is 2.84. The first-order valence-corrected chi connectivity index (χ1v) is 7.79. The summed E-state index contributed by atoms with van der Waals surface area (Å²) in [5.41, 5.74) is 0.0376. The molecule has 0 saturated heterocycles. The highest BCUT2D eigenvalue weighted by Gasteiger charge is 2.25. The third-order valence-corrected chi connectivity index (χ3v) is 4.77. The smallest absolute Gasteiger partial charge is 0.266 e. The van der Waals surface area contributed by atoms with Gasteiger partial charge in [0.15, 0.2) is 0 Å². The molecule has 0 bridgehead atoms. The molecule has 9 heteroatoms. The Morgan fingerprint density at radius 3 is 2.67 bits per heavy atom. The van der Waals surface area contributed by atoms with Gasteiger partial charge in [0.25, 0.3) is 10.0 Å². The Balaban J connectivity index is 2.49. The monoisotopic (exact) mass is 378 g/mol. The molecule has 0 spiro atoms. The minimum atomic E-state index is -4.28. The van der Waals surface area contributed by atoms with Gasteiger partial charge < -0.3 is 4.74 Å². The maximum absolute atomic E-state index is 13.8. The van der Waals surface area contributed by atoms with E-state index >= 15 is 0 Å². The van der Waals surface area contributed by atoms with Crippen molar-refractivity contribution in [2.45, 2.75) is 4.90 Å². The van der Waals surface area contributed by atoms with Crippen molar-refractivity contribution in [3.8, 4) is 5.88 Å². The van der Waals surface area contributed by atoms with Crippen LogP contribution in [0.3, 0.4) is 0 Å². The van der Waals surface area contributed by atoms with Crippen molar-refractivity contribution in [2.24, 2.45) is 0 Å². The fourth-order valence-electron chi connectivity index (χ4n) is 1.61. The summed E-state index contributed by atoms with van der Waals surface area (Å²) in [6.45, 7) is 0. The van der Waals surface area contributed by atoms with Crippen LogP contribution in [0.1, 0.15) is 0 Å². The number of anilines is 1. The molecule has 1 aromatic carbocycles. The zero-order valence-corrected chi connectivity index (χ0v) is 13.0. The molecule has 1 heterocycles. The number of hydrogen-bond acceptors (Lipinski definition) is 4. The standard InChI is InChI=1S/C12H9BrF2N2O3S/c1-20-12-10(3-2-4-16-12)17-21(18,19)11-8(13)5-7(14)6-9(11)15/h2-6,17H,1H3. The Labute approximate surface area is 128 Å². The SMILES string of the molecule is COc1ncccc1NS(=O)(=O)c1c(F)cc(F)cc1Br. The summed E-state index contributed by atoms with van der Waals surface area (Å²) in [4.78, 5) is 3.12. The van der Waals surface area contributed by atoms with Crippen LogP contribution in [0.5, 0.6) is 5.88 Å². The van der Waals surface area contributed by atoms with Gasteiger partial charge in [-0.1, -0.05) is 0 Å². The van der Waals surface area contributed by atoms with E-state index in [4.69, 9.17) is 4.74 Å². The van der Waals surface area contributed by atoms with Gasteiger partial charge in [-0.25, -0.2) is 22.2 Å². The zero-order valence-electron chi connectivity index (χ0n) is 10.6. The quantitative estimate of drug-likeness (QED) is 0.887.